The Balaban J connectivity index is 3.36. The Kier molecular flexibility index (Phi) is 2.48. The van der Waals surface area contributed by atoms with Crippen LogP contribution in [0.2, 0.25) is 0 Å². The molecule has 0 radical (unpaired) electrons. The van der Waals surface area contributed by atoms with Gasteiger partial charge in [0, 0.05) is 0 Å². The number of aromatic amines is 1. The Morgan fingerprint density at radius 1 is 1.73 bits per heavy atom. The van der Waals surface area contributed by atoms with Gasteiger partial charge in [0.05, 0.1) is 9.26 Å². The van der Waals surface area contributed by atoms with Crippen molar-refractivity contribution in [1.29, 1.82) is 0 Å². The Morgan fingerprint density at radius 3 is 2.91 bits per heavy atom. The van der Waals surface area contributed by atoms with Crippen LogP contribution in [0.4, 0.5) is 5.95 Å². The van der Waals surface area contributed by atoms with Crippen LogP contribution in [0.5, 0.6) is 0 Å². The minimum absolute atomic E-state index is 0.157. The number of nitrogen functional groups attached to an aromatic ring is 1. The summed E-state index contributed by atoms with van der Waals surface area (Å²) in [4.78, 5) is 17.4. The third-order valence-corrected chi connectivity index (χ3v) is 2.40. The van der Waals surface area contributed by atoms with E-state index in [0.717, 1.165) is 12.1 Å². The fourth-order valence-electron chi connectivity index (χ4n) is 0.759. The standard InChI is InChI=1S/C6H8IN3O/c1-2-3-4(7)5(11)10-6(8)9-3/h2H2,1H3,(H3,8,9,10,11). The van der Waals surface area contributed by atoms with Gasteiger partial charge >= 0.3 is 0 Å². The Labute approximate surface area is 77.4 Å². The van der Waals surface area contributed by atoms with Crippen molar-refractivity contribution in [2.24, 2.45) is 0 Å². The van der Waals surface area contributed by atoms with Gasteiger partial charge in [-0.1, -0.05) is 6.92 Å². The summed E-state index contributed by atoms with van der Waals surface area (Å²) >= 11 is 1.96. The first-order valence-corrected chi connectivity index (χ1v) is 4.27. The normalized spacial score (nSPS) is 10.0. The number of aryl methyl sites for hydroxylation is 1. The first kappa shape index (κ1) is 8.51. The van der Waals surface area contributed by atoms with Gasteiger partial charge in [-0.05, 0) is 29.0 Å². The summed E-state index contributed by atoms with van der Waals surface area (Å²) in [6, 6.07) is 0. The molecule has 4 nitrogen and oxygen atoms in total. The van der Waals surface area contributed by atoms with E-state index in [1.165, 1.54) is 0 Å². The van der Waals surface area contributed by atoms with E-state index in [9.17, 15) is 4.79 Å². The number of H-pyrrole nitrogens is 1. The maximum Gasteiger partial charge on any atom is 0.265 e. The summed E-state index contributed by atoms with van der Waals surface area (Å²) in [6.07, 6.45) is 0.729. The van der Waals surface area contributed by atoms with Gasteiger partial charge in [0.2, 0.25) is 5.95 Å². The molecular formula is C6H8IN3O. The lowest BCUT2D eigenvalue weighted by Crippen LogP contribution is -2.16. The zero-order valence-electron chi connectivity index (χ0n) is 6.02. The molecule has 60 valence electrons. The lowest BCUT2D eigenvalue weighted by molar-refractivity contribution is 0.972. The predicted molar refractivity (Wildman–Crippen MR) is 51.4 cm³/mol. The molecule has 0 saturated heterocycles. The summed E-state index contributed by atoms with van der Waals surface area (Å²) in [5.74, 6) is 0.187. The molecule has 1 aromatic heterocycles. The molecule has 0 fully saturated rings. The second-order valence-corrected chi connectivity index (χ2v) is 3.14. The van der Waals surface area contributed by atoms with E-state index >= 15 is 0 Å². The molecule has 0 atom stereocenters. The molecule has 0 saturated carbocycles. The summed E-state index contributed by atoms with van der Waals surface area (Å²) in [6.45, 7) is 1.93. The summed E-state index contributed by atoms with van der Waals surface area (Å²) in [5.41, 5.74) is 5.93. The first-order chi connectivity index (χ1) is 5.15. The number of aromatic nitrogens is 2. The van der Waals surface area contributed by atoms with Crippen molar-refractivity contribution in [1.82, 2.24) is 9.97 Å². The molecule has 1 aromatic rings. The monoisotopic (exact) mass is 265 g/mol. The number of anilines is 1. The van der Waals surface area contributed by atoms with E-state index in [1.54, 1.807) is 0 Å². The molecule has 0 spiro atoms. The van der Waals surface area contributed by atoms with Gasteiger partial charge in [-0.15, -0.1) is 0 Å². The molecule has 11 heavy (non-hydrogen) atoms. The minimum atomic E-state index is -0.157. The van der Waals surface area contributed by atoms with E-state index in [1.807, 2.05) is 29.5 Å². The van der Waals surface area contributed by atoms with Crippen molar-refractivity contribution in [2.45, 2.75) is 13.3 Å². The number of hydrogen-bond donors (Lipinski definition) is 2. The highest BCUT2D eigenvalue weighted by atomic mass is 127. The molecule has 0 bridgehead atoms. The molecule has 0 amide bonds. The second kappa shape index (κ2) is 3.21. The number of nitrogens with two attached hydrogens (primary N) is 1. The Morgan fingerprint density at radius 2 is 2.36 bits per heavy atom. The quantitative estimate of drug-likeness (QED) is 0.727. The van der Waals surface area contributed by atoms with Crippen molar-refractivity contribution in [3.63, 3.8) is 0 Å². The molecule has 1 heterocycles. The molecule has 5 heteroatoms. The van der Waals surface area contributed by atoms with Gasteiger partial charge in [0.1, 0.15) is 0 Å². The van der Waals surface area contributed by atoms with Crippen LogP contribution in [0.3, 0.4) is 0 Å². The first-order valence-electron chi connectivity index (χ1n) is 3.19. The fraction of sp³-hybridized carbons (Fsp3) is 0.333. The van der Waals surface area contributed by atoms with Gasteiger partial charge < -0.3 is 5.73 Å². The van der Waals surface area contributed by atoms with Crippen molar-refractivity contribution in [2.75, 3.05) is 5.73 Å². The molecule has 0 aromatic carbocycles. The number of halogens is 1. The van der Waals surface area contributed by atoms with Crippen LogP contribution in [0.25, 0.3) is 0 Å². The van der Waals surface area contributed by atoms with Gasteiger partial charge in [0.25, 0.3) is 5.56 Å². The lowest BCUT2D eigenvalue weighted by atomic mass is 10.3. The average molecular weight is 265 g/mol. The van der Waals surface area contributed by atoms with Gasteiger partial charge in [-0.3, -0.25) is 9.78 Å². The minimum Gasteiger partial charge on any atom is -0.369 e. The summed E-state index contributed by atoms with van der Waals surface area (Å²) < 4.78 is 0.624. The van der Waals surface area contributed by atoms with E-state index in [0.29, 0.717) is 3.57 Å². The SMILES string of the molecule is CCc1nc(N)[nH]c(=O)c1I. The molecule has 0 aliphatic rings. The highest BCUT2D eigenvalue weighted by molar-refractivity contribution is 14.1. The van der Waals surface area contributed by atoms with Crippen LogP contribution in [0.1, 0.15) is 12.6 Å². The van der Waals surface area contributed by atoms with E-state index in [2.05, 4.69) is 9.97 Å². The third kappa shape index (κ3) is 1.70. The molecule has 0 unspecified atom stereocenters. The maximum absolute atomic E-state index is 11.0. The molecule has 0 aliphatic carbocycles. The molecule has 3 N–H and O–H groups in total. The summed E-state index contributed by atoms with van der Waals surface area (Å²) in [5, 5.41) is 0. The van der Waals surface area contributed by atoms with Gasteiger partial charge in [0.15, 0.2) is 0 Å². The van der Waals surface area contributed by atoms with Crippen molar-refractivity contribution >= 4 is 28.5 Å². The molecule has 1 rings (SSSR count). The van der Waals surface area contributed by atoms with Crippen molar-refractivity contribution < 1.29 is 0 Å². The lowest BCUT2D eigenvalue weighted by Gasteiger charge is -1.99. The highest BCUT2D eigenvalue weighted by Gasteiger charge is 2.03. The zero-order chi connectivity index (χ0) is 8.43. The smallest absolute Gasteiger partial charge is 0.265 e. The maximum atomic E-state index is 11.0. The number of hydrogen-bond acceptors (Lipinski definition) is 3. The predicted octanol–water partition coefficient (Wildman–Crippen LogP) is 0.519. The van der Waals surface area contributed by atoms with Gasteiger partial charge in [-0.25, -0.2) is 4.98 Å². The van der Waals surface area contributed by atoms with E-state index in [-0.39, 0.29) is 11.5 Å². The van der Waals surface area contributed by atoms with Crippen LogP contribution in [0, 0.1) is 3.57 Å². The fourth-order valence-corrected chi connectivity index (χ4v) is 1.40. The Bertz CT molecular complexity index is 320. The average Bonchev–Trinajstić information content (AvgIpc) is 1.96. The van der Waals surface area contributed by atoms with Crippen LogP contribution >= 0.6 is 22.6 Å². The van der Waals surface area contributed by atoms with Crippen LogP contribution < -0.4 is 11.3 Å². The largest absolute Gasteiger partial charge is 0.369 e. The van der Waals surface area contributed by atoms with Gasteiger partial charge in [-0.2, -0.15) is 0 Å². The van der Waals surface area contributed by atoms with E-state index in [4.69, 9.17) is 5.73 Å². The number of rotatable bonds is 1. The zero-order valence-corrected chi connectivity index (χ0v) is 8.18. The summed E-state index contributed by atoms with van der Waals surface area (Å²) in [7, 11) is 0. The third-order valence-electron chi connectivity index (χ3n) is 1.28. The topological polar surface area (TPSA) is 71.8 Å². The highest BCUT2D eigenvalue weighted by Crippen LogP contribution is 2.04. The second-order valence-electron chi connectivity index (χ2n) is 2.07. The number of nitrogens with one attached hydrogen (secondary N) is 1. The van der Waals surface area contributed by atoms with Crippen LogP contribution in [-0.4, -0.2) is 9.97 Å². The van der Waals surface area contributed by atoms with Crippen LogP contribution in [0.15, 0.2) is 4.79 Å². The Hall–Kier alpha value is -0.590. The van der Waals surface area contributed by atoms with E-state index < -0.39 is 0 Å². The molecular weight excluding hydrogens is 257 g/mol. The number of nitrogens with zero attached hydrogens (tertiary/aromatic N) is 1. The van der Waals surface area contributed by atoms with Crippen molar-refractivity contribution in [3.8, 4) is 0 Å². The van der Waals surface area contributed by atoms with Crippen molar-refractivity contribution in [3.05, 3.63) is 19.6 Å². The molecule has 0 aliphatic heterocycles. The van der Waals surface area contributed by atoms with Crippen LogP contribution in [-0.2, 0) is 6.42 Å².